The lowest BCUT2D eigenvalue weighted by molar-refractivity contribution is -0.123. The number of urea groups is 1. The Balaban J connectivity index is 1.55. The summed E-state index contributed by atoms with van der Waals surface area (Å²) in [5.74, 6) is -0.245. The molecule has 0 aliphatic carbocycles. The van der Waals surface area contributed by atoms with E-state index in [9.17, 15) is 14.0 Å². The number of hydrogen-bond donors (Lipinski definition) is 1. The molecule has 8 heteroatoms. The van der Waals surface area contributed by atoms with E-state index in [0.29, 0.717) is 35.3 Å². The zero-order chi connectivity index (χ0) is 24.9. The van der Waals surface area contributed by atoms with Crippen LogP contribution in [0, 0.1) is 12.7 Å². The van der Waals surface area contributed by atoms with E-state index in [1.54, 1.807) is 24.3 Å². The Labute approximate surface area is 207 Å². The quantitative estimate of drug-likeness (QED) is 0.314. The Morgan fingerprint density at radius 2 is 1.80 bits per heavy atom. The van der Waals surface area contributed by atoms with Gasteiger partial charge in [0.05, 0.1) is 18.2 Å². The van der Waals surface area contributed by atoms with Crippen molar-refractivity contribution < 1.29 is 23.5 Å². The van der Waals surface area contributed by atoms with Gasteiger partial charge in [-0.15, -0.1) is 0 Å². The summed E-state index contributed by atoms with van der Waals surface area (Å²) in [6, 6.07) is 16.6. The standard InChI is InChI=1S/C27H24ClFN2O4/c1-3-34-24-14-19(12-21(28)25(24)35-16-18-10-8-17(2)9-11-18)13-23-26(32)31(27(33)30-23)15-20-6-4-5-7-22(20)29/h4-14H,3,15-16H2,1-2H3,(H,30,33)/b23-13+. The number of nitrogens with zero attached hydrogens (tertiary/aromatic N) is 1. The number of benzene rings is 3. The predicted octanol–water partition coefficient (Wildman–Crippen LogP) is 5.86. The normalized spacial score (nSPS) is 14.4. The molecule has 6 nitrogen and oxygen atoms in total. The third-order valence-electron chi connectivity index (χ3n) is 5.40. The molecule has 1 fully saturated rings. The van der Waals surface area contributed by atoms with Crippen molar-refractivity contribution in [1.82, 2.24) is 10.2 Å². The van der Waals surface area contributed by atoms with Gasteiger partial charge >= 0.3 is 6.03 Å². The minimum absolute atomic E-state index is 0.0539. The summed E-state index contributed by atoms with van der Waals surface area (Å²) in [6.45, 7) is 4.36. The SMILES string of the molecule is CCOc1cc(/C=C2/NC(=O)N(Cc3ccccc3F)C2=O)cc(Cl)c1OCc1ccc(C)cc1. The van der Waals surface area contributed by atoms with E-state index in [1.165, 1.54) is 18.2 Å². The van der Waals surface area contributed by atoms with Crippen LogP contribution in [-0.4, -0.2) is 23.4 Å². The first-order valence-electron chi connectivity index (χ1n) is 11.1. The molecule has 1 aliphatic rings. The fourth-order valence-electron chi connectivity index (χ4n) is 3.59. The first-order chi connectivity index (χ1) is 16.9. The monoisotopic (exact) mass is 494 g/mol. The number of rotatable bonds is 8. The van der Waals surface area contributed by atoms with Gasteiger partial charge in [0.25, 0.3) is 5.91 Å². The predicted molar refractivity (Wildman–Crippen MR) is 132 cm³/mol. The molecule has 3 aromatic rings. The first-order valence-corrected chi connectivity index (χ1v) is 11.5. The summed E-state index contributed by atoms with van der Waals surface area (Å²) in [4.78, 5) is 26.2. The average molecular weight is 495 g/mol. The molecular formula is C27H24ClFN2O4. The Morgan fingerprint density at radius 3 is 2.51 bits per heavy atom. The molecule has 0 atom stereocenters. The number of ether oxygens (including phenoxy) is 2. The van der Waals surface area contributed by atoms with Crippen LogP contribution in [-0.2, 0) is 17.9 Å². The van der Waals surface area contributed by atoms with Crippen LogP contribution < -0.4 is 14.8 Å². The summed E-state index contributed by atoms with van der Waals surface area (Å²) in [5, 5.41) is 2.84. The Morgan fingerprint density at radius 1 is 1.06 bits per heavy atom. The number of carbonyl (C=O) groups is 2. The van der Waals surface area contributed by atoms with Crippen LogP contribution >= 0.6 is 11.6 Å². The fourth-order valence-corrected chi connectivity index (χ4v) is 3.87. The topological polar surface area (TPSA) is 67.9 Å². The summed E-state index contributed by atoms with van der Waals surface area (Å²) < 4.78 is 25.7. The largest absolute Gasteiger partial charge is 0.490 e. The van der Waals surface area contributed by atoms with Crippen molar-refractivity contribution in [3.8, 4) is 11.5 Å². The lowest BCUT2D eigenvalue weighted by atomic mass is 10.1. The summed E-state index contributed by atoms with van der Waals surface area (Å²) in [7, 11) is 0. The molecule has 4 rings (SSSR count). The highest BCUT2D eigenvalue weighted by Gasteiger charge is 2.34. The van der Waals surface area contributed by atoms with Gasteiger partial charge in [-0.25, -0.2) is 9.18 Å². The van der Waals surface area contributed by atoms with Crippen molar-refractivity contribution in [3.05, 3.63) is 99.5 Å². The molecule has 1 aliphatic heterocycles. The van der Waals surface area contributed by atoms with E-state index in [-0.39, 0.29) is 17.8 Å². The number of hydrogen-bond acceptors (Lipinski definition) is 4. The van der Waals surface area contributed by atoms with Crippen LogP contribution in [0.1, 0.15) is 29.2 Å². The molecule has 180 valence electrons. The number of aryl methyl sites for hydroxylation is 1. The van der Waals surface area contributed by atoms with E-state index >= 15 is 0 Å². The first kappa shape index (κ1) is 24.3. The highest BCUT2D eigenvalue weighted by Crippen LogP contribution is 2.38. The Bertz CT molecular complexity index is 1290. The molecule has 0 spiro atoms. The number of carbonyl (C=O) groups excluding carboxylic acids is 2. The van der Waals surface area contributed by atoms with Crippen molar-refractivity contribution >= 4 is 29.6 Å². The fraction of sp³-hybridized carbons (Fsp3) is 0.185. The van der Waals surface area contributed by atoms with Crippen LogP contribution in [0.15, 0.2) is 66.4 Å². The molecule has 3 amide bonds. The van der Waals surface area contributed by atoms with Crippen LogP contribution in [0.5, 0.6) is 11.5 Å². The van der Waals surface area contributed by atoms with Crippen molar-refractivity contribution in [3.63, 3.8) is 0 Å². The van der Waals surface area contributed by atoms with Gasteiger partial charge in [-0.3, -0.25) is 9.69 Å². The van der Waals surface area contributed by atoms with E-state index in [2.05, 4.69) is 5.32 Å². The Hall–Kier alpha value is -3.84. The van der Waals surface area contributed by atoms with Gasteiger partial charge < -0.3 is 14.8 Å². The zero-order valence-corrected chi connectivity index (χ0v) is 20.1. The Kier molecular flexibility index (Phi) is 7.36. The molecule has 0 unspecified atom stereocenters. The highest BCUT2D eigenvalue weighted by molar-refractivity contribution is 6.32. The molecule has 0 bridgehead atoms. The third kappa shape index (κ3) is 5.63. The minimum Gasteiger partial charge on any atom is -0.490 e. The molecule has 3 aromatic carbocycles. The molecule has 35 heavy (non-hydrogen) atoms. The van der Waals surface area contributed by atoms with E-state index in [0.717, 1.165) is 16.0 Å². The van der Waals surface area contributed by atoms with Gasteiger partial charge in [-0.2, -0.15) is 0 Å². The molecule has 0 radical (unpaired) electrons. The molecule has 0 aromatic heterocycles. The maximum absolute atomic E-state index is 14.0. The second-order valence-corrected chi connectivity index (χ2v) is 8.42. The van der Waals surface area contributed by atoms with Gasteiger partial charge in [0.1, 0.15) is 18.1 Å². The van der Waals surface area contributed by atoms with Gasteiger partial charge in [0.2, 0.25) is 0 Å². The van der Waals surface area contributed by atoms with Gasteiger partial charge in [-0.05, 0) is 49.2 Å². The lowest BCUT2D eigenvalue weighted by Gasteiger charge is -2.15. The highest BCUT2D eigenvalue weighted by atomic mass is 35.5. The van der Waals surface area contributed by atoms with Crippen LogP contribution in [0.2, 0.25) is 5.02 Å². The number of nitrogens with one attached hydrogen (secondary N) is 1. The summed E-state index contributed by atoms with van der Waals surface area (Å²) in [5.41, 5.74) is 2.97. The molecule has 1 N–H and O–H groups in total. The second-order valence-electron chi connectivity index (χ2n) is 8.01. The maximum atomic E-state index is 14.0. The molecule has 0 saturated carbocycles. The molecular weight excluding hydrogens is 471 g/mol. The van der Waals surface area contributed by atoms with Crippen LogP contribution in [0.4, 0.5) is 9.18 Å². The maximum Gasteiger partial charge on any atom is 0.329 e. The second kappa shape index (κ2) is 10.6. The van der Waals surface area contributed by atoms with Gasteiger partial charge in [0, 0.05) is 5.56 Å². The van der Waals surface area contributed by atoms with E-state index in [1.807, 2.05) is 38.1 Å². The third-order valence-corrected chi connectivity index (χ3v) is 5.68. The average Bonchev–Trinajstić information content (AvgIpc) is 3.08. The van der Waals surface area contributed by atoms with Crippen LogP contribution in [0.25, 0.3) is 6.08 Å². The van der Waals surface area contributed by atoms with Crippen molar-refractivity contribution in [2.45, 2.75) is 27.0 Å². The van der Waals surface area contributed by atoms with E-state index in [4.69, 9.17) is 21.1 Å². The van der Waals surface area contributed by atoms with Crippen molar-refractivity contribution in [2.75, 3.05) is 6.61 Å². The minimum atomic E-state index is -0.626. The summed E-state index contributed by atoms with van der Waals surface area (Å²) >= 11 is 6.51. The number of amides is 3. The molecule has 1 heterocycles. The van der Waals surface area contributed by atoms with Crippen molar-refractivity contribution in [1.29, 1.82) is 0 Å². The summed E-state index contributed by atoms with van der Waals surface area (Å²) in [6.07, 6.45) is 1.50. The number of imide groups is 1. The molecule has 1 saturated heterocycles. The number of halogens is 2. The van der Waals surface area contributed by atoms with Crippen molar-refractivity contribution in [2.24, 2.45) is 0 Å². The van der Waals surface area contributed by atoms with Gasteiger partial charge in [0.15, 0.2) is 11.5 Å². The lowest BCUT2D eigenvalue weighted by Crippen LogP contribution is -2.30. The van der Waals surface area contributed by atoms with Crippen LogP contribution in [0.3, 0.4) is 0 Å². The smallest absolute Gasteiger partial charge is 0.329 e. The van der Waals surface area contributed by atoms with E-state index < -0.39 is 17.8 Å². The zero-order valence-electron chi connectivity index (χ0n) is 19.3. The van der Waals surface area contributed by atoms with Gasteiger partial charge in [-0.1, -0.05) is 59.6 Å².